The van der Waals surface area contributed by atoms with Gasteiger partial charge in [0.15, 0.2) is 0 Å². The van der Waals surface area contributed by atoms with E-state index < -0.39 is 0 Å². The first-order chi connectivity index (χ1) is 4.47. The Bertz CT molecular complexity index is 181. The summed E-state index contributed by atoms with van der Waals surface area (Å²) in [4.78, 5) is 0. The standard InChI is InChI=1S/C7H9NO/c1-2-7-6(8-4-1)3-5-9-7/h1-2,8H,3-5H2. The van der Waals surface area contributed by atoms with Crippen molar-refractivity contribution in [2.24, 2.45) is 0 Å². The third kappa shape index (κ3) is 0.707. The van der Waals surface area contributed by atoms with Gasteiger partial charge < -0.3 is 10.1 Å². The number of rotatable bonds is 0. The minimum atomic E-state index is 0.849. The van der Waals surface area contributed by atoms with E-state index in [1.807, 2.05) is 6.08 Å². The molecule has 0 unspecified atom stereocenters. The second-order valence-electron chi connectivity index (χ2n) is 2.22. The molecule has 0 aromatic rings. The van der Waals surface area contributed by atoms with Gasteiger partial charge in [0.2, 0.25) is 0 Å². The molecule has 0 saturated heterocycles. The highest BCUT2D eigenvalue weighted by Crippen LogP contribution is 2.19. The lowest BCUT2D eigenvalue weighted by atomic mass is 10.2. The molecule has 0 saturated carbocycles. The van der Waals surface area contributed by atoms with Gasteiger partial charge in [-0.2, -0.15) is 0 Å². The van der Waals surface area contributed by atoms with Crippen LogP contribution in [0, 0.1) is 0 Å². The lowest BCUT2D eigenvalue weighted by Crippen LogP contribution is -2.15. The summed E-state index contributed by atoms with van der Waals surface area (Å²) in [6.07, 6.45) is 5.17. The van der Waals surface area contributed by atoms with Crippen LogP contribution in [0.25, 0.3) is 0 Å². The molecule has 2 aliphatic heterocycles. The van der Waals surface area contributed by atoms with Gasteiger partial charge in [0.25, 0.3) is 0 Å². The fraction of sp³-hybridized carbons (Fsp3) is 0.429. The van der Waals surface area contributed by atoms with Gasteiger partial charge in [0.05, 0.1) is 12.3 Å². The van der Waals surface area contributed by atoms with E-state index in [2.05, 4.69) is 11.4 Å². The minimum absolute atomic E-state index is 0.849. The molecular formula is C7H9NO. The number of hydrogen-bond donors (Lipinski definition) is 1. The van der Waals surface area contributed by atoms with Gasteiger partial charge in [-0.15, -0.1) is 0 Å². The Morgan fingerprint density at radius 1 is 1.56 bits per heavy atom. The van der Waals surface area contributed by atoms with Crippen LogP contribution in [0.5, 0.6) is 0 Å². The van der Waals surface area contributed by atoms with Crippen molar-refractivity contribution in [1.29, 1.82) is 0 Å². The molecule has 48 valence electrons. The van der Waals surface area contributed by atoms with E-state index in [4.69, 9.17) is 4.74 Å². The molecule has 9 heavy (non-hydrogen) atoms. The van der Waals surface area contributed by atoms with Gasteiger partial charge in [0.1, 0.15) is 5.76 Å². The summed E-state index contributed by atoms with van der Waals surface area (Å²) in [6.45, 7) is 1.81. The molecule has 0 aromatic heterocycles. The zero-order chi connectivity index (χ0) is 6.10. The summed E-state index contributed by atoms with van der Waals surface area (Å²) in [7, 11) is 0. The Morgan fingerprint density at radius 2 is 2.56 bits per heavy atom. The van der Waals surface area contributed by atoms with Crippen molar-refractivity contribution in [3.05, 3.63) is 23.6 Å². The van der Waals surface area contributed by atoms with Crippen molar-refractivity contribution in [3.63, 3.8) is 0 Å². The van der Waals surface area contributed by atoms with E-state index in [1.165, 1.54) is 5.70 Å². The first kappa shape index (κ1) is 4.91. The van der Waals surface area contributed by atoms with Crippen LogP contribution in [0.15, 0.2) is 23.6 Å². The fourth-order valence-corrected chi connectivity index (χ4v) is 1.15. The Morgan fingerprint density at radius 3 is 3.44 bits per heavy atom. The number of nitrogens with one attached hydrogen (secondary N) is 1. The maximum absolute atomic E-state index is 5.29. The van der Waals surface area contributed by atoms with Crippen molar-refractivity contribution >= 4 is 0 Å². The predicted octanol–water partition coefficient (Wildman–Crippen LogP) is 0.778. The van der Waals surface area contributed by atoms with Crippen LogP contribution < -0.4 is 5.32 Å². The van der Waals surface area contributed by atoms with Gasteiger partial charge >= 0.3 is 0 Å². The Balaban J connectivity index is 2.28. The minimum Gasteiger partial charge on any atom is -0.491 e. The topological polar surface area (TPSA) is 21.3 Å². The van der Waals surface area contributed by atoms with E-state index in [0.717, 1.165) is 25.3 Å². The summed E-state index contributed by atoms with van der Waals surface area (Å²) in [5, 5.41) is 3.25. The first-order valence-electron chi connectivity index (χ1n) is 3.23. The highest BCUT2D eigenvalue weighted by atomic mass is 16.5. The highest BCUT2D eigenvalue weighted by Gasteiger charge is 2.14. The molecule has 2 nitrogen and oxygen atoms in total. The maximum Gasteiger partial charge on any atom is 0.138 e. The van der Waals surface area contributed by atoms with E-state index in [1.54, 1.807) is 0 Å². The Labute approximate surface area is 54.2 Å². The molecule has 0 bridgehead atoms. The predicted molar refractivity (Wildman–Crippen MR) is 34.7 cm³/mol. The van der Waals surface area contributed by atoms with Gasteiger partial charge in [-0.1, -0.05) is 6.08 Å². The molecule has 0 spiro atoms. The molecular weight excluding hydrogens is 114 g/mol. The molecule has 2 heterocycles. The van der Waals surface area contributed by atoms with E-state index >= 15 is 0 Å². The van der Waals surface area contributed by atoms with Gasteiger partial charge in [-0.05, 0) is 6.08 Å². The van der Waals surface area contributed by atoms with Crippen LogP contribution >= 0.6 is 0 Å². The zero-order valence-electron chi connectivity index (χ0n) is 5.18. The van der Waals surface area contributed by atoms with Crippen molar-refractivity contribution < 1.29 is 4.74 Å². The molecule has 0 atom stereocenters. The number of hydrogen-bond acceptors (Lipinski definition) is 2. The van der Waals surface area contributed by atoms with Crippen molar-refractivity contribution in [1.82, 2.24) is 5.32 Å². The number of allylic oxidation sites excluding steroid dienone is 1. The molecule has 1 N–H and O–H groups in total. The SMILES string of the molecule is C1=CC2=C(CCO2)NC1. The average molecular weight is 123 g/mol. The largest absolute Gasteiger partial charge is 0.491 e. The maximum atomic E-state index is 5.29. The molecule has 0 amide bonds. The third-order valence-corrected chi connectivity index (χ3v) is 1.61. The third-order valence-electron chi connectivity index (χ3n) is 1.61. The van der Waals surface area contributed by atoms with E-state index in [-0.39, 0.29) is 0 Å². The second-order valence-corrected chi connectivity index (χ2v) is 2.22. The van der Waals surface area contributed by atoms with Crippen LogP contribution in [-0.4, -0.2) is 13.2 Å². The van der Waals surface area contributed by atoms with Gasteiger partial charge in [-0.3, -0.25) is 0 Å². The molecule has 0 aliphatic carbocycles. The van der Waals surface area contributed by atoms with Crippen molar-refractivity contribution in [2.75, 3.05) is 13.2 Å². The first-order valence-corrected chi connectivity index (χ1v) is 3.23. The molecule has 0 fully saturated rings. The lowest BCUT2D eigenvalue weighted by molar-refractivity contribution is 0.257. The summed E-state index contributed by atoms with van der Waals surface area (Å²) in [6, 6.07) is 0. The van der Waals surface area contributed by atoms with Gasteiger partial charge in [-0.25, -0.2) is 0 Å². The monoisotopic (exact) mass is 123 g/mol. The van der Waals surface area contributed by atoms with Crippen LogP contribution in [-0.2, 0) is 4.74 Å². The highest BCUT2D eigenvalue weighted by molar-refractivity contribution is 5.26. The molecule has 2 aliphatic rings. The molecule has 2 rings (SSSR count). The molecule has 2 heteroatoms. The average Bonchev–Trinajstić information content (AvgIpc) is 2.33. The molecule has 0 radical (unpaired) electrons. The van der Waals surface area contributed by atoms with Crippen molar-refractivity contribution in [2.45, 2.75) is 6.42 Å². The van der Waals surface area contributed by atoms with Crippen LogP contribution in [0.4, 0.5) is 0 Å². The van der Waals surface area contributed by atoms with Crippen LogP contribution in [0.1, 0.15) is 6.42 Å². The van der Waals surface area contributed by atoms with Crippen LogP contribution in [0.3, 0.4) is 0 Å². The second kappa shape index (κ2) is 1.79. The van der Waals surface area contributed by atoms with Crippen LogP contribution in [0.2, 0.25) is 0 Å². The summed E-state index contributed by atoms with van der Waals surface area (Å²) < 4.78 is 5.29. The normalized spacial score (nSPS) is 23.1. The van der Waals surface area contributed by atoms with Gasteiger partial charge in [0, 0.05) is 13.0 Å². The number of ether oxygens (including phenoxy) is 1. The summed E-state index contributed by atoms with van der Waals surface area (Å²) in [5.74, 6) is 1.04. The van der Waals surface area contributed by atoms with E-state index in [9.17, 15) is 0 Å². The van der Waals surface area contributed by atoms with E-state index in [0.29, 0.717) is 0 Å². The quantitative estimate of drug-likeness (QED) is 0.514. The molecule has 0 aromatic carbocycles. The summed E-state index contributed by atoms with van der Waals surface area (Å²) in [5.41, 5.74) is 1.28. The smallest absolute Gasteiger partial charge is 0.138 e. The Kier molecular flexibility index (Phi) is 0.979. The fourth-order valence-electron chi connectivity index (χ4n) is 1.15. The number of dihydropyridines is 1. The summed E-state index contributed by atoms with van der Waals surface area (Å²) >= 11 is 0. The Hall–Kier alpha value is -0.920. The lowest BCUT2D eigenvalue weighted by Gasteiger charge is -2.07. The zero-order valence-corrected chi connectivity index (χ0v) is 5.18. The van der Waals surface area contributed by atoms with Crippen molar-refractivity contribution in [3.8, 4) is 0 Å².